The highest BCUT2D eigenvalue weighted by molar-refractivity contribution is 6.32. The number of aromatic nitrogens is 1. The number of hydrogen-bond acceptors (Lipinski definition) is 3. The molecule has 5 heteroatoms. The van der Waals surface area contributed by atoms with E-state index >= 15 is 0 Å². The molecule has 1 unspecified atom stereocenters. The number of fused-ring (bicyclic) bond motifs is 1. The maximum absolute atomic E-state index is 10.3. The number of phenols is 1. The Kier molecular flexibility index (Phi) is 4.10. The summed E-state index contributed by atoms with van der Waals surface area (Å²) < 4.78 is 0. The van der Waals surface area contributed by atoms with E-state index in [1.807, 2.05) is 19.9 Å². The van der Waals surface area contributed by atoms with Crippen LogP contribution in [-0.4, -0.2) is 44.8 Å². The van der Waals surface area contributed by atoms with Crippen molar-refractivity contribution in [2.24, 2.45) is 0 Å². The van der Waals surface area contributed by atoms with Gasteiger partial charge in [0.2, 0.25) is 0 Å². The minimum Gasteiger partial charge on any atom is -0.507 e. The molecule has 1 aliphatic heterocycles. The minimum atomic E-state index is -0.692. The molecule has 2 heterocycles. The van der Waals surface area contributed by atoms with Crippen LogP contribution in [0.5, 0.6) is 5.75 Å². The number of halogens is 1. The van der Waals surface area contributed by atoms with Crippen LogP contribution in [0.1, 0.15) is 32.3 Å². The van der Waals surface area contributed by atoms with Crippen LogP contribution >= 0.6 is 11.6 Å². The minimum absolute atomic E-state index is 0.185. The number of nitrogens with zero attached hydrogens (tertiary/aromatic N) is 1. The monoisotopic (exact) mass is 322 g/mol. The average Bonchev–Trinajstić information content (AvgIpc) is 3.00. The van der Waals surface area contributed by atoms with Crippen molar-refractivity contribution in [3.8, 4) is 5.75 Å². The van der Waals surface area contributed by atoms with Gasteiger partial charge in [-0.2, -0.15) is 0 Å². The lowest BCUT2D eigenvalue weighted by atomic mass is 9.96. The van der Waals surface area contributed by atoms with Crippen LogP contribution in [0.4, 0.5) is 0 Å². The largest absolute Gasteiger partial charge is 0.507 e. The zero-order chi connectivity index (χ0) is 15.9. The van der Waals surface area contributed by atoms with Crippen LogP contribution in [0.15, 0.2) is 18.2 Å². The summed E-state index contributed by atoms with van der Waals surface area (Å²) in [5, 5.41) is 21.8. The maximum atomic E-state index is 10.3. The molecule has 1 saturated heterocycles. The van der Waals surface area contributed by atoms with Crippen LogP contribution < -0.4 is 0 Å². The molecule has 120 valence electrons. The van der Waals surface area contributed by atoms with Gasteiger partial charge >= 0.3 is 0 Å². The van der Waals surface area contributed by atoms with Crippen LogP contribution in [-0.2, 0) is 6.42 Å². The lowest BCUT2D eigenvalue weighted by Gasteiger charge is -2.33. The second kappa shape index (κ2) is 5.76. The van der Waals surface area contributed by atoms with Gasteiger partial charge in [0, 0.05) is 23.5 Å². The summed E-state index contributed by atoms with van der Waals surface area (Å²) in [6.45, 7) is 5.58. The van der Waals surface area contributed by atoms with Crippen LogP contribution in [0, 0.1) is 0 Å². The summed E-state index contributed by atoms with van der Waals surface area (Å²) in [6, 6.07) is 5.59. The summed E-state index contributed by atoms with van der Waals surface area (Å²) in [6.07, 6.45) is 2.89. The normalized spacial score (nSPS) is 20.1. The summed E-state index contributed by atoms with van der Waals surface area (Å²) in [5.74, 6) is 0.260. The summed E-state index contributed by atoms with van der Waals surface area (Å²) in [5.41, 5.74) is 1.12. The van der Waals surface area contributed by atoms with Gasteiger partial charge in [0.1, 0.15) is 10.9 Å². The Morgan fingerprint density at radius 1 is 1.41 bits per heavy atom. The van der Waals surface area contributed by atoms with E-state index in [0.29, 0.717) is 5.15 Å². The lowest BCUT2D eigenvalue weighted by molar-refractivity contribution is -0.00193. The van der Waals surface area contributed by atoms with Gasteiger partial charge in [-0.15, -0.1) is 0 Å². The van der Waals surface area contributed by atoms with Crippen molar-refractivity contribution in [1.82, 2.24) is 9.88 Å². The molecule has 0 amide bonds. The SMILES string of the molecule is CC(C)(O)C1CCCN1CCc1c(Cl)[nH]c2cccc(O)c12. The number of rotatable bonds is 4. The number of phenolic OH excluding ortho intramolecular Hbond substituents is 1. The van der Waals surface area contributed by atoms with Crippen molar-refractivity contribution in [2.75, 3.05) is 13.1 Å². The molecular weight excluding hydrogens is 300 g/mol. The van der Waals surface area contributed by atoms with Gasteiger partial charge in [-0.1, -0.05) is 17.7 Å². The highest BCUT2D eigenvalue weighted by Gasteiger charge is 2.35. The van der Waals surface area contributed by atoms with E-state index in [9.17, 15) is 10.2 Å². The van der Waals surface area contributed by atoms with Gasteiger partial charge < -0.3 is 15.2 Å². The summed E-state index contributed by atoms with van der Waals surface area (Å²) >= 11 is 6.32. The molecule has 22 heavy (non-hydrogen) atoms. The fourth-order valence-corrected chi connectivity index (χ4v) is 3.94. The Labute approximate surface area is 135 Å². The van der Waals surface area contributed by atoms with Gasteiger partial charge in [-0.25, -0.2) is 0 Å². The number of likely N-dealkylation sites (tertiary alicyclic amines) is 1. The summed E-state index contributed by atoms with van der Waals surface area (Å²) in [4.78, 5) is 5.45. The third-order valence-corrected chi connectivity index (χ3v) is 5.00. The first-order valence-corrected chi connectivity index (χ1v) is 8.20. The van der Waals surface area contributed by atoms with E-state index in [-0.39, 0.29) is 11.8 Å². The van der Waals surface area contributed by atoms with Gasteiger partial charge in [-0.3, -0.25) is 4.90 Å². The second-order valence-electron chi connectivity index (χ2n) is 6.71. The number of aromatic hydroxyl groups is 1. The number of aliphatic hydroxyl groups is 1. The molecule has 1 aromatic heterocycles. The topological polar surface area (TPSA) is 59.5 Å². The molecule has 1 atom stereocenters. The van der Waals surface area contributed by atoms with E-state index in [2.05, 4.69) is 9.88 Å². The first-order chi connectivity index (χ1) is 10.4. The molecule has 2 aromatic rings. The van der Waals surface area contributed by atoms with Crippen LogP contribution in [0.3, 0.4) is 0 Å². The number of hydrogen-bond donors (Lipinski definition) is 3. The van der Waals surface area contributed by atoms with Crippen LogP contribution in [0.25, 0.3) is 10.9 Å². The molecule has 1 aromatic carbocycles. The number of H-pyrrole nitrogens is 1. The van der Waals surface area contributed by atoms with E-state index in [0.717, 1.165) is 48.8 Å². The van der Waals surface area contributed by atoms with Crippen molar-refractivity contribution in [3.63, 3.8) is 0 Å². The molecule has 4 nitrogen and oxygen atoms in total. The Balaban J connectivity index is 1.81. The van der Waals surface area contributed by atoms with Crippen LogP contribution in [0.2, 0.25) is 5.15 Å². The molecule has 3 N–H and O–H groups in total. The Morgan fingerprint density at radius 2 is 2.18 bits per heavy atom. The highest BCUT2D eigenvalue weighted by Crippen LogP contribution is 2.34. The zero-order valence-corrected chi connectivity index (χ0v) is 13.8. The second-order valence-corrected chi connectivity index (χ2v) is 7.09. The predicted octanol–water partition coefficient (Wildman–Crippen LogP) is 3.30. The van der Waals surface area contributed by atoms with E-state index < -0.39 is 5.60 Å². The van der Waals surface area contributed by atoms with Gasteiger partial charge in [0.25, 0.3) is 0 Å². The third-order valence-electron chi connectivity index (χ3n) is 4.68. The lowest BCUT2D eigenvalue weighted by Crippen LogP contribution is -2.46. The number of benzene rings is 1. The highest BCUT2D eigenvalue weighted by atomic mass is 35.5. The van der Waals surface area contributed by atoms with E-state index in [1.165, 1.54) is 0 Å². The van der Waals surface area contributed by atoms with Crippen molar-refractivity contribution in [1.29, 1.82) is 0 Å². The first kappa shape index (κ1) is 15.7. The standard InChI is InChI=1S/C17H23ClN2O2/c1-17(2,22)14-7-4-9-20(14)10-8-11-15-12(19-16(11)18)5-3-6-13(15)21/h3,5-6,14,19,21-22H,4,7-10H2,1-2H3. The fraction of sp³-hybridized carbons (Fsp3) is 0.529. The Bertz CT molecular complexity index is 675. The van der Waals surface area contributed by atoms with Crippen molar-refractivity contribution < 1.29 is 10.2 Å². The van der Waals surface area contributed by atoms with Gasteiger partial charge in [0.05, 0.1) is 11.1 Å². The quantitative estimate of drug-likeness (QED) is 0.809. The van der Waals surface area contributed by atoms with E-state index in [1.54, 1.807) is 12.1 Å². The van der Waals surface area contributed by atoms with Crippen molar-refractivity contribution >= 4 is 22.5 Å². The first-order valence-electron chi connectivity index (χ1n) is 7.82. The average molecular weight is 323 g/mol. The molecule has 0 spiro atoms. The molecule has 0 bridgehead atoms. The third kappa shape index (κ3) is 2.83. The molecule has 1 fully saturated rings. The van der Waals surface area contributed by atoms with Gasteiger partial charge in [0.15, 0.2) is 0 Å². The molecular formula is C17H23ClN2O2. The molecule has 3 rings (SSSR count). The van der Waals surface area contributed by atoms with Gasteiger partial charge in [-0.05, 0) is 51.8 Å². The Hall–Kier alpha value is -1.23. The molecule has 0 radical (unpaired) electrons. The predicted molar refractivity (Wildman–Crippen MR) is 89.6 cm³/mol. The van der Waals surface area contributed by atoms with Crippen molar-refractivity contribution in [2.45, 2.75) is 44.8 Å². The summed E-state index contributed by atoms with van der Waals surface area (Å²) in [7, 11) is 0. The molecule has 0 aliphatic carbocycles. The maximum Gasteiger partial charge on any atom is 0.125 e. The number of nitrogens with one attached hydrogen (secondary N) is 1. The fourth-order valence-electron chi connectivity index (χ4n) is 3.65. The van der Waals surface area contributed by atoms with E-state index in [4.69, 9.17) is 11.6 Å². The number of aromatic amines is 1. The smallest absolute Gasteiger partial charge is 0.125 e. The van der Waals surface area contributed by atoms with Crippen molar-refractivity contribution in [3.05, 3.63) is 28.9 Å². The Morgan fingerprint density at radius 3 is 2.91 bits per heavy atom. The molecule has 1 aliphatic rings. The zero-order valence-electron chi connectivity index (χ0n) is 13.1. The molecule has 0 saturated carbocycles.